The van der Waals surface area contributed by atoms with Crippen LogP contribution in [0.3, 0.4) is 0 Å². The van der Waals surface area contributed by atoms with E-state index in [0.717, 1.165) is 22.4 Å². The number of nitrogens with one attached hydrogen (secondary N) is 1. The van der Waals surface area contributed by atoms with Crippen molar-refractivity contribution >= 4 is 22.8 Å². The molecular weight excluding hydrogens is 400 g/mol. The van der Waals surface area contributed by atoms with Crippen molar-refractivity contribution in [2.75, 3.05) is 0 Å². The minimum Gasteiger partial charge on any atom is -0.344 e. The fraction of sp³-hybridized carbons (Fsp3) is 0.423. The Morgan fingerprint density at radius 2 is 1.75 bits per heavy atom. The van der Waals surface area contributed by atoms with Crippen molar-refractivity contribution < 1.29 is 9.59 Å². The van der Waals surface area contributed by atoms with Crippen LogP contribution in [0.4, 0.5) is 0 Å². The number of aryl methyl sites for hydroxylation is 1. The Labute approximate surface area is 189 Å². The smallest absolute Gasteiger partial charge is 0.255 e. The first-order valence-electron chi connectivity index (χ1n) is 11.4. The van der Waals surface area contributed by atoms with E-state index >= 15 is 0 Å². The van der Waals surface area contributed by atoms with Crippen LogP contribution in [-0.4, -0.2) is 32.3 Å². The van der Waals surface area contributed by atoms with Crippen LogP contribution >= 0.6 is 0 Å². The number of carbonyl (C=O) groups is 2. The summed E-state index contributed by atoms with van der Waals surface area (Å²) in [5.74, 6) is 1.06. The number of imidazole rings is 1. The summed E-state index contributed by atoms with van der Waals surface area (Å²) in [5.41, 5.74) is 3.62. The average molecular weight is 433 g/mol. The number of hydrogen-bond donors (Lipinski definition) is 1. The maximum atomic E-state index is 13.6. The molecule has 0 radical (unpaired) electrons. The molecule has 1 aromatic heterocycles. The van der Waals surface area contributed by atoms with Crippen LogP contribution in [0.15, 0.2) is 48.5 Å². The third kappa shape index (κ3) is 4.01. The molecule has 0 bridgehead atoms. The summed E-state index contributed by atoms with van der Waals surface area (Å²) in [5, 5.41) is 3.25. The number of hydrogen-bond acceptors (Lipinski definition) is 3. The Hall–Kier alpha value is -3.15. The van der Waals surface area contributed by atoms with Gasteiger partial charge in [-0.15, -0.1) is 0 Å². The van der Waals surface area contributed by atoms with Gasteiger partial charge in [-0.3, -0.25) is 9.59 Å². The van der Waals surface area contributed by atoms with Crippen LogP contribution in [0.1, 0.15) is 61.9 Å². The van der Waals surface area contributed by atoms with Crippen LogP contribution in [-0.2, 0) is 18.4 Å². The van der Waals surface area contributed by atoms with Gasteiger partial charge in [0, 0.05) is 19.2 Å². The van der Waals surface area contributed by atoms with Gasteiger partial charge >= 0.3 is 0 Å². The highest BCUT2D eigenvalue weighted by atomic mass is 16.2. The lowest BCUT2D eigenvalue weighted by atomic mass is 9.99. The van der Waals surface area contributed by atoms with Gasteiger partial charge in [-0.05, 0) is 42.0 Å². The standard InChI is InChI=1S/C26H32N4O2/c1-16(2)14-22(30-15-18-10-6-7-11-19(18)26(30)32)25(31)28-23(17(3)4)24-27-20-12-8-9-13-21(20)29(24)5/h6-13,16-17,22-23H,14-15H2,1-5H3,(H,28,31)/t22-,23-/m0/s1. The van der Waals surface area contributed by atoms with Gasteiger partial charge in [-0.2, -0.15) is 0 Å². The fourth-order valence-corrected chi connectivity index (χ4v) is 4.57. The molecule has 1 aliphatic rings. The van der Waals surface area contributed by atoms with E-state index in [1.54, 1.807) is 4.90 Å². The molecule has 2 heterocycles. The van der Waals surface area contributed by atoms with Gasteiger partial charge in [0.25, 0.3) is 5.91 Å². The highest BCUT2D eigenvalue weighted by Crippen LogP contribution is 2.29. The monoisotopic (exact) mass is 432 g/mol. The summed E-state index contributed by atoms with van der Waals surface area (Å²) in [6.07, 6.45) is 0.610. The largest absolute Gasteiger partial charge is 0.344 e. The van der Waals surface area contributed by atoms with Crippen LogP contribution in [0, 0.1) is 11.8 Å². The lowest BCUT2D eigenvalue weighted by Gasteiger charge is -2.31. The molecular formula is C26H32N4O2. The van der Waals surface area contributed by atoms with Crippen molar-refractivity contribution in [2.45, 2.75) is 52.7 Å². The first-order chi connectivity index (χ1) is 15.3. The lowest BCUT2D eigenvalue weighted by molar-refractivity contribution is -0.127. The zero-order chi connectivity index (χ0) is 23.0. The van der Waals surface area contributed by atoms with Gasteiger partial charge in [-0.25, -0.2) is 4.98 Å². The van der Waals surface area contributed by atoms with E-state index in [1.165, 1.54) is 0 Å². The number of para-hydroxylation sites is 2. The number of aromatic nitrogens is 2. The SMILES string of the molecule is CC(C)C[C@@H](C(=O)N[C@H](c1nc2ccccc2n1C)C(C)C)N1Cc2ccccc2C1=O. The summed E-state index contributed by atoms with van der Waals surface area (Å²) < 4.78 is 2.05. The van der Waals surface area contributed by atoms with E-state index < -0.39 is 6.04 Å². The topological polar surface area (TPSA) is 67.2 Å². The van der Waals surface area contributed by atoms with E-state index in [4.69, 9.17) is 4.98 Å². The normalized spacial score (nSPS) is 15.5. The fourth-order valence-electron chi connectivity index (χ4n) is 4.57. The zero-order valence-electron chi connectivity index (χ0n) is 19.5. The Bertz CT molecular complexity index is 1150. The summed E-state index contributed by atoms with van der Waals surface area (Å²) in [6.45, 7) is 8.80. The Balaban J connectivity index is 1.63. The lowest BCUT2D eigenvalue weighted by Crippen LogP contribution is -2.49. The van der Waals surface area contributed by atoms with E-state index in [9.17, 15) is 9.59 Å². The van der Waals surface area contributed by atoms with Crippen molar-refractivity contribution in [1.29, 1.82) is 0 Å². The van der Waals surface area contributed by atoms with Crippen molar-refractivity contribution in [3.05, 3.63) is 65.5 Å². The van der Waals surface area contributed by atoms with Gasteiger partial charge in [-0.1, -0.05) is 58.0 Å². The molecule has 4 rings (SSSR count). The van der Waals surface area contributed by atoms with Crippen molar-refractivity contribution in [1.82, 2.24) is 19.8 Å². The highest BCUT2D eigenvalue weighted by molar-refractivity contribution is 6.01. The molecule has 0 unspecified atom stereocenters. The van der Waals surface area contributed by atoms with E-state index in [0.29, 0.717) is 18.5 Å². The third-order valence-corrected chi connectivity index (χ3v) is 6.29. The molecule has 0 saturated carbocycles. The quantitative estimate of drug-likeness (QED) is 0.599. The summed E-state index contributed by atoms with van der Waals surface area (Å²) in [4.78, 5) is 33.3. The Kier molecular flexibility index (Phi) is 6.04. The van der Waals surface area contributed by atoms with Crippen molar-refractivity contribution in [3.8, 4) is 0 Å². The maximum Gasteiger partial charge on any atom is 0.255 e. The molecule has 1 aliphatic heterocycles. The van der Waals surface area contributed by atoms with Gasteiger partial charge < -0.3 is 14.8 Å². The maximum absolute atomic E-state index is 13.6. The first-order valence-corrected chi connectivity index (χ1v) is 11.4. The molecule has 168 valence electrons. The van der Waals surface area contributed by atoms with Crippen LogP contribution in [0.2, 0.25) is 0 Å². The summed E-state index contributed by atoms with van der Waals surface area (Å²) in [7, 11) is 1.98. The molecule has 1 N–H and O–H groups in total. The van der Waals surface area contributed by atoms with Gasteiger partial charge in [0.15, 0.2) is 0 Å². The first kappa shape index (κ1) is 22.1. The van der Waals surface area contributed by atoms with Crippen molar-refractivity contribution in [3.63, 3.8) is 0 Å². The molecule has 0 aliphatic carbocycles. The minimum atomic E-state index is -0.522. The van der Waals surface area contributed by atoms with Crippen LogP contribution < -0.4 is 5.32 Å². The number of amides is 2. The van der Waals surface area contributed by atoms with Gasteiger partial charge in [0.2, 0.25) is 5.91 Å². The van der Waals surface area contributed by atoms with E-state index in [-0.39, 0.29) is 29.7 Å². The third-order valence-electron chi connectivity index (χ3n) is 6.29. The Morgan fingerprint density at radius 3 is 2.41 bits per heavy atom. The Morgan fingerprint density at radius 1 is 1.06 bits per heavy atom. The number of nitrogens with zero attached hydrogens (tertiary/aromatic N) is 3. The summed E-state index contributed by atoms with van der Waals surface area (Å²) >= 11 is 0. The molecule has 0 saturated heterocycles. The summed E-state index contributed by atoms with van der Waals surface area (Å²) in [6, 6.07) is 14.8. The molecule has 6 nitrogen and oxygen atoms in total. The second-order valence-electron chi connectivity index (χ2n) is 9.48. The molecule has 2 atom stereocenters. The molecule has 2 amide bonds. The molecule has 32 heavy (non-hydrogen) atoms. The molecule has 0 spiro atoms. The molecule has 0 fully saturated rings. The second-order valence-corrected chi connectivity index (χ2v) is 9.48. The van der Waals surface area contributed by atoms with E-state index in [1.807, 2.05) is 55.6 Å². The van der Waals surface area contributed by atoms with Gasteiger partial charge in [0.1, 0.15) is 11.9 Å². The number of benzene rings is 2. The number of rotatable bonds is 7. The predicted octanol–water partition coefficient (Wildman–Crippen LogP) is 4.46. The van der Waals surface area contributed by atoms with Crippen molar-refractivity contribution in [2.24, 2.45) is 18.9 Å². The molecule has 6 heteroatoms. The predicted molar refractivity (Wildman–Crippen MR) is 126 cm³/mol. The average Bonchev–Trinajstić information content (AvgIpc) is 3.27. The zero-order valence-corrected chi connectivity index (χ0v) is 19.5. The number of fused-ring (bicyclic) bond motifs is 2. The van der Waals surface area contributed by atoms with E-state index in [2.05, 4.69) is 37.6 Å². The van der Waals surface area contributed by atoms with Gasteiger partial charge in [0.05, 0.1) is 17.1 Å². The second kappa shape index (κ2) is 8.77. The molecule has 3 aromatic rings. The van der Waals surface area contributed by atoms with Crippen LogP contribution in [0.25, 0.3) is 11.0 Å². The molecule has 2 aromatic carbocycles. The van der Waals surface area contributed by atoms with Crippen LogP contribution in [0.5, 0.6) is 0 Å². The highest BCUT2D eigenvalue weighted by Gasteiger charge is 2.38. The minimum absolute atomic E-state index is 0.0646. The number of carbonyl (C=O) groups excluding carboxylic acids is 2.